The van der Waals surface area contributed by atoms with Gasteiger partial charge in [-0.2, -0.15) is 0 Å². The van der Waals surface area contributed by atoms with Gasteiger partial charge in [0.05, 0.1) is 13.2 Å². The molecule has 0 aromatic heterocycles. The van der Waals surface area contributed by atoms with Crippen LogP contribution in [0.1, 0.15) is 39.5 Å². The minimum atomic E-state index is -0.229. The van der Waals surface area contributed by atoms with Gasteiger partial charge in [0, 0.05) is 16.8 Å². The molecule has 0 aromatic rings. The fourth-order valence-electron chi connectivity index (χ4n) is 3.27. The summed E-state index contributed by atoms with van der Waals surface area (Å²) in [7, 11) is 0. The molecular formula is C12H21IO2. The van der Waals surface area contributed by atoms with Crippen LogP contribution in [0.5, 0.6) is 0 Å². The van der Waals surface area contributed by atoms with Crippen molar-refractivity contribution < 1.29 is 9.47 Å². The lowest BCUT2D eigenvalue weighted by atomic mass is 9.64. The van der Waals surface area contributed by atoms with E-state index >= 15 is 0 Å². The van der Waals surface area contributed by atoms with E-state index in [1.54, 1.807) is 0 Å². The summed E-state index contributed by atoms with van der Waals surface area (Å²) in [5.74, 6) is 0.338. The molecule has 0 bridgehead atoms. The Morgan fingerprint density at radius 1 is 1.20 bits per heavy atom. The van der Waals surface area contributed by atoms with Gasteiger partial charge >= 0.3 is 0 Å². The lowest BCUT2D eigenvalue weighted by Crippen LogP contribution is -2.50. The third-order valence-electron chi connectivity index (χ3n) is 3.99. The van der Waals surface area contributed by atoms with Crippen LogP contribution >= 0.6 is 22.6 Å². The first-order valence-electron chi connectivity index (χ1n) is 5.95. The Hall–Kier alpha value is 0.650. The Bertz CT molecular complexity index is 222. The predicted molar refractivity (Wildman–Crippen MR) is 69.3 cm³/mol. The van der Waals surface area contributed by atoms with E-state index in [2.05, 4.69) is 36.4 Å². The van der Waals surface area contributed by atoms with Gasteiger partial charge in [-0.25, -0.2) is 0 Å². The Labute approximate surface area is 106 Å². The van der Waals surface area contributed by atoms with E-state index in [4.69, 9.17) is 9.47 Å². The van der Waals surface area contributed by atoms with Crippen molar-refractivity contribution >= 4 is 22.6 Å². The topological polar surface area (TPSA) is 18.5 Å². The standard InChI is InChI=1S/C12H21IO2/c1-11(2)5-3-6-12(10(11)4-7-13)14-8-9-15-12/h10H,3-9H2,1-2H3. The summed E-state index contributed by atoms with van der Waals surface area (Å²) in [4.78, 5) is 0. The van der Waals surface area contributed by atoms with Crippen LogP contribution in [0.2, 0.25) is 0 Å². The second-order valence-corrected chi connectivity index (χ2v) is 6.46. The molecule has 2 fully saturated rings. The van der Waals surface area contributed by atoms with Gasteiger partial charge in [-0.1, -0.05) is 36.4 Å². The van der Waals surface area contributed by atoms with Gasteiger partial charge in [0.1, 0.15) is 0 Å². The van der Waals surface area contributed by atoms with Crippen LogP contribution in [0.15, 0.2) is 0 Å². The summed E-state index contributed by atoms with van der Waals surface area (Å²) >= 11 is 2.47. The summed E-state index contributed by atoms with van der Waals surface area (Å²) in [6.45, 7) is 6.31. The maximum absolute atomic E-state index is 5.96. The van der Waals surface area contributed by atoms with Crippen molar-refractivity contribution in [2.75, 3.05) is 17.6 Å². The zero-order chi connectivity index (χ0) is 10.9. The Morgan fingerprint density at radius 2 is 1.87 bits per heavy atom. The van der Waals surface area contributed by atoms with Crippen molar-refractivity contribution in [3.05, 3.63) is 0 Å². The lowest BCUT2D eigenvalue weighted by Gasteiger charge is -2.49. The first-order valence-corrected chi connectivity index (χ1v) is 7.47. The molecule has 1 aliphatic carbocycles. The van der Waals surface area contributed by atoms with Gasteiger partial charge in [-0.15, -0.1) is 0 Å². The maximum atomic E-state index is 5.96. The SMILES string of the molecule is CC1(C)CCCC2(OCCO2)C1CCI. The zero-order valence-corrected chi connectivity index (χ0v) is 11.9. The third kappa shape index (κ3) is 2.20. The fraction of sp³-hybridized carbons (Fsp3) is 1.00. The largest absolute Gasteiger partial charge is 0.347 e. The number of hydrogen-bond donors (Lipinski definition) is 0. The Morgan fingerprint density at radius 3 is 2.47 bits per heavy atom. The van der Waals surface area contributed by atoms with E-state index in [9.17, 15) is 0 Å². The van der Waals surface area contributed by atoms with Crippen molar-refractivity contribution in [2.24, 2.45) is 11.3 Å². The highest BCUT2D eigenvalue weighted by Crippen LogP contribution is 2.51. The number of alkyl halides is 1. The smallest absolute Gasteiger partial charge is 0.171 e. The first-order chi connectivity index (χ1) is 7.11. The summed E-state index contributed by atoms with van der Waals surface area (Å²) < 4.78 is 13.1. The highest BCUT2D eigenvalue weighted by molar-refractivity contribution is 14.1. The number of ether oxygens (including phenoxy) is 2. The van der Waals surface area contributed by atoms with Crippen LogP contribution in [0, 0.1) is 11.3 Å². The van der Waals surface area contributed by atoms with E-state index < -0.39 is 0 Å². The van der Waals surface area contributed by atoms with Crippen LogP contribution in [0.3, 0.4) is 0 Å². The van der Waals surface area contributed by atoms with Gasteiger partial charge in [-0.3, -0.25) is 0 Å². The van der Waals surface area contributed by atoms with Gasteiger partial charge in [0.25, 0.3) is 0 Å². The molecule has 1 atom stereocenters. The molecule has 0 radical (unpaired) electrons. The number of hydrogen-bond acceptors (Lipinski definition) is 2. The normalized spacial score (nSPS) is 33.4. The molecule has 1 saturated carbocycles. The summed E-state index contributed by atoms with van der Waals surface area (Å²) in [5.41, 5.74) is 0.369. The van der Waals surface area contributed by atoms with Gasteiger partial charge in [0.2, 0.25) is 0 Å². The van der Waals surface area contributed by atoms with E-state index in [1.807, 2.05) is 0 Å². The lowest BCUT2D eigenvalue weighted by molar-refractivity contribution is -0.240. The van der Waals surface area contributed by atoms with E-state index in [1.165, 1.54) is 23.7 Å². The maximum Gasteiger partial charge on any atom is 0.171 e. The van der Waals surface area contributed by atoms with Gasteiger partial charge < -0.3 is 9.47 Å². The second kappa shape index (κ2) is 4.49. The fourth-order valence-corrected chi connectivity index (χ4v) is 3.89. The van der Waals surface area contributed by atoms with Crippen molar-refractivity contribution in [1.29, 1.82) is 0 Å². The average Bonchev–Trinajstić information content (AvgIpc) is 2.61. The number of halogens is 1. The molecule has 1 unspecified atom stereocenters. The Balaban J connectivity index is 2.20. The van der Waals surface area contributed by atoms with Crippen LogP contribution in [0.25, 0.3) is 0 Å². The van der Waals surface area contributed by atoms with Crippen molar-refractivity contribution in [3.8, 4) is 0 Å². The summed E-state index contributed by atoms with van der Waals surface area (Å²) in [6.07, 6.45) is 4.86. The minimum Gasteiger partial charge on any atom is -0.347 e. The summed E-state index contributed by atoms with van der Waals surface area (Å²) in [6, 6.07) is 0. The van der Waals surface area contributed by atoms with Gasteiger partial charge in [-0.05, 0) is 24.7 Å². The van der Waals surface area contributed by atoms with Crippen LogP contribution < -0.4 is 0 Å². The molecule has 0 aromatic carbocycles. The molecule has 1 aliphatic heterocycles. The molecule has 3 heteroatoms. The molecule has 2 aliphatic rings. The zero-order valence-electron chi connectivity index (χ0n) is 9.72. The van der Waals surface area contributed by atoms with E-state index in [0.717, 1.165) is 19.6 Å². The molecule has 88 valence electrons. The molecule has 1 saturated heterocycles. The van der Waals surface area contributed by atoms with Crippen molar-refractivity contribution in [1.82, 2.24) is 0 Å². The molecular weight excluding hydrogens is 303 g/mol. The molecule has 1 spiro atoms. The minimum absolute atomic E-state index is 0.229. The second-order valence-electron chi connectivity index (χ2n) is 5.38. The monoisotopic (exact) mass is 324 g/mol. The van der Waals surface area contributed by atoms with Crippen LogP contribution in [0.4, 0.5) is 0 Å². The quantitative estimate of drug-likeness (QED) is 0.573. The average molecular weight is 324 g/mol. The molecule has 0 amide bonds. The highest BCUT2D eigenvalue weighted by Gasteiger charge is 2.52. The van der Waals surface area contributed by atoms with Crippen LogP contribution in [-0.4, -0.2) is 23.4 Å². The van der Waals surface area contributed by atoms with Gasteiger partial charge in [0.15, 0.2) is 5.79 Å². The first kappa shape index (κ1) is 12.1. The summed E-state index contributed by atoms with van der Waals surface area (Å²) in [5, 5.41) is 0. The molecule has 2 nitrogen and oxygen atoms in total. The van der Waals surface area contributed by atoms with Crippen LogP contribution in [-0.2, 0) is 9.47 Å². The number of rotatable bonds is 2. The molecule has 1 heterocycles. The third-order valence-corrected chi connectivity index (χ3v) is 4.62. The van der Waals surface area contributed by atoms with E-state index in [0.29, 0.717) is 11.3 Å². The molecule has 2 rings (SSSR count). The van der Waals surface area contributed by atoms with Crippen molar-refractivity contribution in [3.63, 3.8) is 0 Å². The molecule has 0 N–H and O–H groups in total. The van der Waals surface area contributed by atoms with Crippen molar-refractivity contribution in [2.45, 2.75) is 45.3 Å². The molecule has 15 heavy (non-hydrogen) atoms. The highest BCUT2D eigenvalue weighted by atomic mass is 127. The Kier molecular flexibility index (Phi) is 3.63. The predicted octanol–water partition coefficient (Wildman–Crippen LogP) is 3.38. The van der Waals surface area contributed by atoms with E-state index in [-0.39, 0.29) is 5.79 Å².